The maximum absolute atomic E-state index is 4.22. The molecular formula is C10H20N6. The van der Waals surface area contributed by atoms with E-state index in [1.165, 1.54) is 17.6 Å². The van der Waals surface area contributed by atoms with Crippen LogP contribution in [0.2, 0.25) is 0 Å². The van der Waals surface area contributed by atoms with Crippen molar-refractivity contribution in [1.82, 2.24) is 30.4 Å². The van der Waals surface area contributed by atoms with Crippen molar-refractivity contribution in [2.24, 2.45) is 7.05 Å². The summed E-state index contributed by atoms with van der Waals surface area (Å²) in [6.45, 7) is 6.34. The normalized spacial score (nSPS) is 23.2. The number of aryl methyl sites for hydroxylation is 1. The number of nitrogens with one attached hydrogen (secondary N) is 1. The number of nitrogens with zero attached hydrogens (tertiary/aromatic N) is 5. The number of hydrogen-bond acceptors (Lipinski definition) is 5. The molecule has 0 aromatic carbocycles. The van der Waals surface area contributed by atoms with Gasteiger partial charge in [0.15, 0.2) is 5.82 Å². The van der Waals surface area contributed by atoms with Crippen LogP contribution in [0, 0.1) is 0 Å². The minimum atomic E-state index is 0.596. The monoisotopic (exact) mass is 224 g/mol. The zero-order chi connectivity index (χ0) is 11.4. The Morgan fingerprint density at radius 3 is 3.06 bits per heavy atom. The molecule has 0 radical (unpaired) electrons. The van der Waals surface area contributed by atoms with E-state index in [-0.39, 0.29) is 0 Å². The SMILES string of the molecule is CCC1CN(Cc2nnn(C)n2)CCCN1. The molecule has 1 N–H and O–H groups in total. The first-order chi connectivity index (χ1) is 7.78. The highest BCUT2D eigenvalue weighted by Gasteiger charge is 2.17. The third-order valence-corrected chi connectivity index (χ3v) is 2.97. The van der Waals surface area contributed by atoms with Gasteiger partial charge in [-0.05, 0) is 31.1 Å². The molecular weight excluding hydrogens is 204 g/mol. The summed E-state index contributed by atoms with van der Waals surface area (Å²) in [6, 6.07) is 0.596. The highest BCUT2D eigenvalue weighted by molar-refractivity contribution is 4.81. The lowest BCUT2D eigenvalue weighted by molar-refractivity contribution is 0.251. The van der Waals surface area contributed by atoms with Gasteiger partial charge in [-0.2, -0.15) is 4.80 Å². The zero-order valence-corrected chi connectivity index (χ0v) is 10.1. The van der Waals surface area contributed by atoms with Crippen LogP contribution in [0.15, 0.2) is 0 Å². The largest absolute Gasteiger partial charge is 0.313 e. The van der Waals surface area contributed by atoms with Crippen LogP contribution < -0.4 is 5.32 Å². The van der Waals surface area contributed by atoms with Crippen molar-refractivity contribution in [3.8, 4) is 0 Å². The van der Waals surface area contributed by atoms with Gasteiger partial charge in [0.25, 0.3) is 0 Å². The topological polar surface area (TPSA) is 58.9 Å². The number of aromatic nitrogens is 4. The van der Waals surface area contributed by atoms with E-state index in [0.29, 0.717) is 6.04 Å². The highest BCUT2D eigenvalue weighted by Crippen LogP contribution is 2.06. The summed E-state index contributed by atoms with van der Waals surface area (Å²) in [5.74, 6) is 0.819. The summed E-state index contributed by atoms with van der Waals surface area (Å²) in [6.07, 6.45) is 2.36. The quantitative estimate of drug-likeness (QED) is 0.769. The molecule has 0 bridgehead atoms. The van der Waals surface area contributed by atoms with Crippen LogP contribution >= 0.6 is 0 Å². The Labute approximate surface area is 96.0 Å². The molecule has 1 saturated heterocycles. The van der Waals surface area contributed by atoms with Gasteiger partial charge in [-0.25, -0.2) is 0 Å². The van der Waals surface area contributed by atoms with Gasteiger partial charge in [-0.15, -0.1) is 10.2 Å². The Balaban J connectivity index is 1.92. The Kier molecular flexibility index (Phi) is 3.84. The summed E-state index contributed by atoms with van der Waals surface area (Å²) in [5.41, 5.74) is 0. The standard InChI is InChI=1S/C10H20N6/c1-3-9-7-16(6-4-5-11-9)8-10-12-14-15(2)13-10/h9,11H,3-8H2,1-2H3. The Morgan fingerprint density at radius 1 is 1.50 bits per heavy atom. The molecule has 16 heavy (non-hydrogen) atoms. The summed E-state index contributed by atoms with van der Waals surface area (Å²) >= 11 is 0. The van der Waals surface area contributed by atoms with E-state index in [1.54, 1.807) is 7.05 Å². The van der Waals surface area contributed by atoms with Crippen molar-refractivity contribution in [1.29, 1.82) is 0 Å². The summed E-state index contributed by atoms with van der Waals surface area (Å²) in [5, 5.41) is 15.7. The minimum Gasteiger partial charge on any atom is -0.313 e. The van der Waals surface area contributed by atoms with Gasteiger partial charge >= 0.3 is 0 Å². The van der Waals surface area contributed by atoms with Crippen molar-refractivity contribution in [2.75, 3.05) is 19.6 Å². The molecule has 0 amide bonds. The molecule has 6 heteroatoms. The molecule has 1 aromatic rings. The Bertz CT molecular complexity index is 323. The Morgan fingerprint density at radius 2 is 2.38 bits per heavy atom. The average Bonchev–Trinajstić information content (AvgIpc) is 2.55. The molecule has 2 rings (SSSR count). The fraction of sp³-hybridized carbons (Fsp3) is 0.900. The second kappa shape index (κ2) is 5.36. The van der Waals surface area contributed by atoms with Gasteiger partial charge in [0.1, 0.15) is 0 Å². The smallest absolute Gasteiger partial charge is 0.188 e. The van der Waals surface area contributed by atoms with Gasteiger partial charge in [0, 0.05) is 12.6 Å². The molecule has 1 aromatic heterocycles. The zero-order valence-electron chi connectivity index (χ0n) is 10.1. The number of rotatable bonds is 3. The molecule has 90 valence electrons. The fourth-order valence-electron chi connectivity index (χ4n) is 2.08. The molecule has 1 unspecified atom stereocenters. The van der Waals surface area contributed by atoms with Gasteiger partial charge in [0.2, 0.25) is 0 Å². The predicted molar refractivity (Wildman–Crippen MR) is 60.8 cm³/mol. The van der Waals surface area contributed by atoms with E-state index < -0.39 is 0 Å². The van der Waals surface area contributed by atoms with Crippen molar-refractivity contribution < 1.29 is 0 Å². The van der Waals surface area contributed by atoms with Crippen LogP contribution in [0.5, 0.6) is 0 Å². The van der Waals surface area contributed by atoms with Gasteiger partial charge in [-0.1, -0.05) is 6.92 Å². The second-order valence-corrected chi connectivity index (χ2v) is 4.34. The first-order valence-electron chi connectivity index (χ1n) is 5.96. The van der Waals surface area contributed by atoms with Crippen molar-refractivity contribution in [3.05, 3.63) is 5.82 Å². The van der Waals surface area contributed by atoms with Crippen LogP contribution in [0.1, 0.15) is 25.6 Å². The van der Waals surface area contributed by atoms with E-state index in [9.17, 15) is 0 Å². The molecule has 0 aliphatic carbocycles. The predicted octanol–water partition coefficient (Wildman–Crippen LogP) is -0.216. The third kappa shape index (κ3) is 2.99. The minimum absolute atomic E-state index is 0.596. The fourth-order valence-corrected chi connectivity index (χ4v) is 2.08. The lowest BCUT2D eigenvalue weighted by Gasteiger charge is -2.21. The number of hydrogen-bond donors (Lipinski definition) is 1. The maximum Gasteiger partial charge on any atom is 0.188 e. The highest BCUT2D eigenvalue weighted by atomic mass is 15.6. The lowest BCUT2D eigenvalue weighted by atomic mass is 10.2. The molecule has 1 aliphatic rings. The first-order valence-corrected chi connectivity index (χ1v) is 5.96. The van der Waals surface area contributed by atoms with E-state index in [2.05, 4.69) is 32.6 Å². The van der Waals surface area contributed by atoms with E-state index >= 15 is 0 Å². The molecule has 1 atom stereocenters. The van der Waals surface area contributed by atoms with Crippen LogP contribution in [-0.4, -0.2) is 50.8 Å². The van der Waals surface area contributed by atoms with Crippen molar-refractivity contribution in [2.45, 2.75) is 32.4 Å². The number of tetrazole rings is 1. The van der Waals surface area contributed by atoms with E-state index in [0.717, 1.165) is 32.0 Å². The average molecular weight is 224 g/mol. The molecule has 1 fully saturated rings. The van der Waals surface area contributed by atoms with Crippen molar-refractivity contribution >= 4 is 0 Å². The van der Waals surface area contributed by atoms with Crippen molar-refractivity contribution in [3.63, 3.8) is 0 Å². The second-order valence-electron chi connectivity index (χ2n) is 4.34. The summed E-state index contributed by atoms with van der Waals surface area (Å²) in [4.78, 5) is 3.92. The van der Waals surface area contributed by atoms with Gasteiger partial charge in [0.05, 0.1) is 13.6 Å². The third-order valence-electron chi connectivity index (χ3n) is 2.97. The molecule has 1 aliphatic heterocycles. The summed E-state index contributed by atoms with van der Waals surface area (Å²) < 4.78 is 0. The van der Waals surface area contributed by atoms with Crippen LogP contribution in [0.3, 0.4) is 0 Å². The molecule has 0 spiro atoms. The van der Waals surface area contributed by atoms with Crippen LogP contribution in [0.25, 0.3) is 0 Å². The van der Waals surface area contributed by atoms with E-state index in [4.69, 9.17) is 0 Å². The van der Waals surface area contributed by atoms with Gasteiger partial charge < -0.3 is 5.32 Å². The summed E-state index contributed by atoms with van der Waals surface area (Å²) in [7, 11) is 1.80. The van der Waals surface area contributed by atoms with Gasteiger partial charge in [-0.3, -0.25) is 4.90 Å². The van der Waals surface area contributed by atoms with Crippen LogP contribution in [0.4, 0.5) is 0 Å². The lowest BCUT2D eigenvalue weighted by Crippen LogP contribution is -2.37. The Hall–Kier alpha value is -1.01. The van der Waals surface area contributed by atoms with Crippen LogP contribution in [-0.2, 0) is 13.6 Å². The molecule has 2 heterocycles. The maximum atomic E-state index is 4.22. The first kappa shape index (κ1) is 11.5. The molecule has 6 nitrogen and oxygen atoms in total. The van der Waals surface area contributed by atoms with E-state index in [1.807, 2.05) is 0 Å². The molecule has 0 saturated carbocycles.